The van der Waals surface area contributed by atoms with E-state index in [4.69, 9.17) is 11.5 Å². The Labute approximate surface area is 182 Å². The van der Waals surface area contributed by atoms with Gasteiger partial charge in [0, 0.05) is 0 Å². The summed E-state index contributed by atoms with van der Waals surface area (Å²) in [6.07, 6.45) is 1.24. The summed E-state index contributed by atoms with van der Waals surface area (Å²) in [6.45, 7) is -0.0909. The number of nitrogens with one attached hydrogen (secondary N) is 1. The van der Waals surface area contributed by atoms with E-state index in [0.717, 1.165) is 16.4 Å². The number of fused-ring (bicyclic) bond motifs is 2. The Hall–Kier alpha value is -3.51. The van der Waals surface area contributed by atoms with Crippen LogP contribution in [-0.2, 0) is 16.4 Å². The molecule has 2 unspecified atom stereocenters. The fourth-order valence-corrected chi connectivity index (χ4v) is 5.83. The van der Waals surface area contributed by atoms with E-state index in [1.54, 1.807) is 29.2 Å². The number of hydrogen-bond acceptors (Lipinski definition) is 7. The van der Waals surface area contributed by atoms with Gasteiger partial charge in [-0.3, -0.25) is 9.40 Å². The Morgan fingerprint density at radius 1 is 1.16 bits per heavy atom. The Morgan fingerprint density at radius 3 is 2.75 bits per heavy atom. The summed E-state index contributed by atoms with van der Waals surface area (Å²) in [7, 11) is -4.43. The van der Waals surface area contributed by atoms with Gasteiger partial charge in [0.25, 0.3) is 10.0 Å². The first kappa shape index (κ1) is 20.4. The van der Waals surface area contributed by atoms with Crippen LogP contribution in [0.25, 0.3) is 0 Å². The highest BCUT2D eigenvalue weighted by atomic mass is 32.2. The molecule has 0 saturated carbocycles. The molecule has 0 fully saturated rings. The molecular formula is C20H19F2N7O2S. The van der Waals surface area contributed by atoms with Gasteiger partial charge in [0.15, 0.2) is 11.8 Å². The van der Waals surface area contributed by atoms with Crippen molar-refractivity contribution in [2.45, 2.75) is 23.5 Å². The molecule has 0 saturated heterocycles. The van der Waals surface area contributed by atoms with Gasteiger partial charge in [-0.15, -0.1) is 0 Å². The third-order valence-corrected chi connectivity index (χ3v) is 7.50. The maximum Gasteiger partial charge on any atom is 0.267 e. The second kappa shape index (κ2) is 7.28. The molecule has 12 heteroatoms. The molecule has 2 atom stereocenters. The van der Waals surface area contributed by atoms with E-state index >= 15 is 0 Å². The first-order valence-electron chi connectivity index (χ1n) is 9.74. The lowest BCUT2D eigenvalue weighted by Crippen LogP contribution is -2.57. The number of nitrogens with two attached hydrogens (primary N) is 2. The molecule has 0 aliphatic carbocycles. The predicted molar refractivity (Wildman–Crippen MR) is 113 cm³/mol. The Kier molecular flexibility index (Phi) is 4.64. The number of sulfonamides is 1. The molecule has 1 aromatic heterocycles. The molecular weight excluding hydrogens is 440 g/mol. The lowest BCUT2D eigenvalue weighted by atomic mass is 9.97. The van der Waals surface area contributed by atoms with Crippen molar-refractivity contribution in [1.82, 2.24) is 15.1 Å². The van der Waals surface area contributed by atoms with Crippen LogP contribution in [0.5, 0.6) is 0 Å². The zero-order chi connectivity index (χ0) is 22.6. The summed E-state index contributed by atoms with van der Waals surface area (Å²) < 4.78 is 56.3. The molecule has 0 bridgehead atoms. The molecule has 3 aromatic rings. The van der Waals surface area contributed by atoms with Crippen molar-refractivity contribution < 1.29 is 17.2 Å². The molecule has 0 radical (unpaired) electrons. The number of para-hydroxylation sites is 1. The van der Waals surface area contributed by atoms with E-state index in [0.29, 0.717) is 35.1 Å². The minimum atomic E-state index is -4.43. The number of hydrogen-bond donors (Lipinski definition) is 3. The lowest BCUT2D eigenvalue weighted by Gasteiger charge is -2.44. The molecule has 0 amide bonds. The van der Waals surface area contributed by atoms with Gasteiger partial charge >= 0.3 is 0 Å². The molecule has 5 rings (SSSR count). The third-order valence-electron chi connectivity index (χ3n) is 5.70. The number of anilines is 1. The largest absolute Gasteiger partial charge is 0.369 e. The topological polar surface area (TPSA) is 134 Å². The Morgan fingerprint density at radius 2 is 1.94 bits per heavy atom. The van der Waals surface area contributed by atoms with Gasteiger partial charge in [-0.2, -0.15) is 10.1 Å². The highest BCUT2D eigenvalue weighted by Crippen LogP contribution is 2.37. The molecule has 166 valence electrons. The number of aromatic amines is 1. The first-order valence-corrected chi connectivity index (χ1v) is 11.2. The minimum Gasteiger partial charge on any atom is -0.369 e. The van der Waals surface area contributed by atoms with E-state index in [1.165, 1.54) is 6.20 Å². The monoisotopic (exact) mass is 459 g/mol. The second-order valence-corrected chi connectivity index (χ2v) is 9.42. The van der Waals surface area contributed by atoms with Gasteiger partial charge in [-0.05, 0) is 36.2 Å². The summed E-state index contributed by atoms with van der Waals surface area (Å²) in [6, 6.07) is 8.69. The maximum atomic E-state index is 14.4. The molecule has 32 heavy (non-hydrogen) atoms. The number of nitrogens with zero attached hydrogens (tertiary/aromatic N) is 4. The number of aromatic nitrogens is 2. The molecule has 2 aromatic carbocycles. The highest BCUT2D eigenvalue weighted by molar-refractivity contribution is 7.92. The number of guanidine groups is 1. The summed E-state index contributed by atoms with van der Waals surface area (Å²) in [5.74, 6) is -1.35. The van der Waals surface area contributed by atoms with Crippen LogP contribution in [0.2, 0.25) is 0 Å². The van der Waals surface area contributed by atoms with Gasteiger partial charge < -0.3 is 16.4 Å². The van der Waals surface area contributed by atoms with Crippen LogP contribution in [0.3, 0.4) is 0 Å². The van der Waals surface area contributed by atoms with Crippen molar-refractivity contribution in [2.24, 2.45) is 16.5 Å². The van der Waals surface area contributed by atoms with Crippen LogP contribution in [0.15, 0.2) is 58.5 Å². The molecule has 0 spiro atoms. The standard InChI is InChI=1S/C20H19F2N7O2S/c21-12-5-6-15(22)17(8-12)32(30,31)28-10-13(7-11-3-1-2-4-16(11)28)29-18(23)14-9-25-27-19(14)26-20(29)24/h1-6,8-9,13,18H,7,10,23H2,(H3,24,25,26,27). The van der Waals surface area contributed by atoms with Crippen LogP contribution in [0, 0.1) is 11.6 Å². The number of H-pyrrole nitrogens is 1. The average Bonchev–Trinajstić information content (AvgIpc) is 3.23. The molecule has 9 nitrogen and oxygen atoms in total. The molecule has 5 N–H and O–H groups in total. The first-order chi connectivity index (χ1) is 15.3. The fourth-order valence-electron chi connectivity index (χ4n) is 4.22. The number of aliphatic imine (C=N–C) groups is 1. The number of halogens is 2. The van der Waals surface area contributed by atoms with Crippen LogP contribution in [0.4, 0.5) is 20.3 Å². The zero-order valence-electron chi connectivity index (χ0n) is 16.6. The smallest absolute Gasteiger partial charge is 0.267 e. The van der Waals surface area contributed by atoms with Crippen molar-refractivity contribution in [3.8, 4) is 0 Å². The lowest BCUT2D eigenvalue weighted by molar-refractivity contribution is 0.233. The Balaban J connectivity index is 1.60. The molecule has 2 aliphatic rings. The van der Waals surface area contributed by atoms with Crippen LogP contribution in [0.1, 0.15) is 17.3 Å². The van der Waals surface area contributed by atoms with E-state index in [2.05, 4.69) is 15.2 Å². The summed E-state index contributed by atoms with van der Waals surface area (Å²) in [4.78, 5) is 5.17. The quantitative estimate of drug-likeness (QED) is 0.546. The van der Waals surface area contributed by atoms with Gasteiger partial charge in [0.05, 0.1) is 30.0 Å². The van der Waals surface area contributed by atoms with E-state index < -0.39 is 38.8 Å². The Bertz CT molecular complexity index is 1340. The van der Waals surface area contributed by atoms with Gasteiger partial charge in [-0.25, -0.2) is 17.2 Å². The van der Waals surface area contributed by atoms with Crippen molar-refractivity contribution in [3.05, 3.63) is 71.4 Å². The van der Waals surface area contributed by atoms with Crippen molar-refractivity contribution in [3.63, 3.8) is 0 Å². The predicted octanol–water partition coefficient (Wildman–Crippen LogP) is 1.73. The van der Waals surface area contributed by atoms with Crippen molar-refractivity contribution in [1.29, 1.82) is 0 Å². The average molecular weight is 459 g/mol. The van der Waals surface area contributed by atoms with Gasteiger partial charge in [0.1, 0.15) is 22.7 Å². The van der Waals surface area contributed by atoms with Crippen LogP contribution in [-0.4, -0.2) is 42.1 Å². The van der Waals surface area contributed by atoms with Crippen molar-refractivity contribution in [2.75, 3.05) is 10.8 Å². The molecule has 2 aliphatic heterocycles. The zero-order valence-corrected chi connectivity index (χ0v) is 17.4. The summed E-state index contributed by atoms with van der Waals surface area (Å²) >= 11 is 0. The van der Waals surface area contributed by atoms with Crippen molar-refractivity contribution >= 4 is 27.5 Å². The van der Waals surface area contributed by atoms with E-state index in [9.17, 15) is 17.2 Å². The second-order valence-electron chi connectivity index (χ2n) is 7.59. The number of benzene rings is 2. The van der Waals surface area contributed by atoms with E-state index in [-0.39, 0.29) is 12.5 Å². The number of rotatable bonds is 3. The van der Waals surface area contributed by atoms with E-state index in [1.807, 2.05) is 0 Å². The normalized spacial score (nSPS) is 20.5. The summed E-state index contributed by atoms with van der Waals surface area (Å²) in [5, 5.41) is 6.65. The minimum absolute atomic E-state index is 0.0909. The summed E-state index contributed by atoms with van der Waals surface area (Å²) in [5.41, 5.74) is 14.3. The van der Waals surface area contributed by atoms with Gasteiger partial charge in [-0.1, -0.05) is 18.2 Å². The third kappa shape index (κ3) is 3.10. The maximum absolute atomic E-state index is 14.4. The SMILES string of the molecule is NC1=Nc2[nH]ncc2C(N)N1C1Cc2ccccc2N(S(=O)(=O)c2cc(F)ccc2F)C1. The van der Waals surface area contributed by atoms with Gasteiger partial charge in [0.2, 0.25) is 0 Å². The van der Waals surface area contributed by atoms with Crippen LogP contribution >= 0.6 is 0 Å². The molecule has 3 heterocycles. The highest BCUT2D eigenvalue weighted by Gasteiger charge is 2.40. The fraction of sp³-hybridized carbons (Fsp3) is 0.200. The van der Waals surface area contributed by atoms with Crippen LogP contribution < -0.4 is 15.8 Å².